The number of hydrogen-bond donors (Lipinski definition) is 1. The molecular weight excluding hydrogens is 393 g/mol. The normalized spacial score (nSPS) is 11.5. The maximum Gasteiger partial charge on any atom is 0.342 e. The van der Waals surface area contributed by atoms with Gasteiger partial charge in [-0.15, -0.1) is 0 Å². The van der Waals surface area contributed by atoms with Crippen LogP contribution in [0.1, 0.15) is 22.8 Å². The lowest BCUT2D eigenvalue weighted by atomic mass is 10.2. The molecule has 1 N–H and O–H groups in total. The highest BCUT2D eigenvalue weighted by molar-refractivity contribution is 6.31. The number of rotatable bonds is 6. The highest BCUT2D eigenvalue weighted by Crippen LogP contribution is 2.31. The second-order valence-electron chi connectivity index (χ2n) is 5.68. The molecule has 0 aliphatic rings. The number of carbonyl (C=O) groups is 2. The fourth-order valence-electron chi connectivity index (χ4n) is 2.28. The number of esters is 1. The number of aryl methyl sites for hydroxylation is 1. The van der Waals surface area contributed by atoms with Crippen molar-refractivity contribution in [1.29, 1.82) is 0 Å². The predicted octanol–water partition coefficient (Wildman–Crippen LogP) is 4.50. The Morgan fingerprint density at radius 1 is 1.04 bits per heavy atom. The van der Waals surface area contributed by atoms with Gasteiger partial charge in [0.2, 0.25) is 0 Å². The number of nitrogens with one attached hydrogen (secondary N) is 1. The standard InChI is InChI=1S/C19H19Cl2NO5/c1-10-7-15(17(26-4)9-14(10)21)22-18(23)11(2)27-19(24)13-8-12(20)5-6-16(13)25-3/h5-9,11H,1-4H3,(H,22,23). The fourth-order valence-corrected chi connectivity index (χ4v) is 2.61. The van der Waals surface area contributed by atoms with Crippen LogP contribution in [0.4, 0.5) is 5.69 Å². The number of hydrogen-bond acceptors (Lipinski definition) is 5. The van der Waals surface area contributed by atoms with E-state index in [1.165, 1.54) is 27.2 Å². The molecule has 1 unspecified atom stereocenters. The van der Waals surface area contributed by atoms with Gasteiger partial charge in [0.1, 0.15) is 17.1 Å². The highest BCUT2D eigenvalue weighted by atomic mass is 35.5. The van der Waals surface area contributed by atoms with Crippen LogP contribution in [0.5, 0.6) is 11.5 Å². The Kier molecular flexibility index (Phi) is 6.93. The van der Waals surface area contributed by atoms with Crippen molar-refractivity contribution in [3.63, 3.8) is 0 Å². The van der Waals surface area contributed by atoms with Crippen LogP contribution in [-0.2, 0) is 9.53 Å². The summed E-state index contributed by atoms with van der Waals surface area (Å²) in [5, 5.41) is 3.53. The minimum Gasteiger partial charge on any atom is -0.496 e. The van der Waals surface area contributed by atoms with E-state index in [-0.39, 0.29) is 5.56 Å². The van der Waals surface area contributed by atoms with E-state index in [0.29, 0.717) is 27.2 Å². The van der Waals surface area contributed by atoms with E-state index < -0.39 is 18.0 Å². The van der Waals surface area contributed by atoms with Gasteiger partial charge in [-0.25, -0.2) is 4.79 Å². The van der Waals surface area contributed by atoms with Crippen LogP contribution in [0.2, 0.25) is 10.0 Å². The lowest BCUT2D eigenvalue weighted by Crippen LogP contribution is -2.30. The minimum atomic E-state index is -1.07. The van der Waals surface area contributed by atoms with Crippen molar-refractivity contribution in [1.82, 2.24) is 0 Å². The summed E-state index contributed by atoms with van der Waals surface area (Å²) in [5.74, 6) is -0.554. The molecule has 0 bridgehead atoms. The maximum atomic E-state index is 12.4. The van der Waals surface area contributed by atoms with Gasteiger partial charge in [0.05, 0.1) is 19.9 Å². The number of carbonyl (C=O) groups excluding carboxylic acids is 2. The van der Waals surface area contributed by atoms with E-state index in [4.69, 9.17) is 37.4 Å². The van der Waals surface area contributed by atoms with Crippen LogP contribution in [0, 0.1) is 6.92 Å². The zero-order valence-corrected chi connectivity index (χ0v) is 16.8. The first-order chi connectivity index (χ1) is 12.8. The first-order valence-corrected chi connectivity index (χ1v) is 8.72. The van der Waals surface area contributed by atoms with Crippen molar-refractivity contribution in [2.75, 3.05) is 19.5 Å². The van der Waals surface area contributed by atoms with Gasteiger partial charge in [-0.05, 0) is 43.7 Å². The molecule has 2 aromatic rings. The fraction of sp³-hybridized carbons (Fsp3) is 0.263. The number of anilines is 1. The molecule has 0 aromatic heterocycles. The Balaban J connectivity index is 2.14. The third-order valence-electron chi connectivity index (χ3n) is 3.77. The summed E-state index contributed by atoms with van der Waals surface area (Å²) in [5.41, 5.74) is 1.32. The van der Waals surface area contributed by atoms with E-state index in [0.717, 1.165) is 5.56 Å². The summed E-state index contributed by atoms with van der Waals surface area (Å²) in [7, 11) is 2.89. The van der Waals surface area contributed by atoms with Crippen molar-refractivity contribution in [2.45, 2.75) is 20.0 Å². The van der Waals surface area contributed by atoms with Crippen molar-refractivity contribution in [3.8, 4) is 11.5 Å². The summed E-state index contributed by atoms with van der Waals surface area (Å²) < 4.78 is 15.6. The molecular formula is C19H19Cl2NO5. The SMILES string of the molecule is COc1cc(Cl)c(C)cc1NC(=O)C(C)OC(=O)c1cc(Cl)ccc1OC. The Bertz CT molecular complexity index is 869. The summed E-state index contributed by atoms with van der Waals surface area (Å²) in [6.45, 7) is 3.26. The Morgan fingerprint density at radius 2 is 1.70 bits per heavy atom. The molecule has 2 aromatic carbocycles. The lowest BCUT2D eigenvalue weighted by Gasteiger charge is -2.17. The van der Waals surface area contributed by atoms with Gasteiger partial charge in [-0.1, -0.05) is 23.2 Å². The highest BCUT2D eigenvalue weighted by Gasteiger charge is 2.23. The average molecular weight is 412 g/mol. The van der Waals surface area contributed by atoms with Gasteiger partial charge in [0, 0.05) is 16.1 Å². The molecule has 1 atom stereocenters. The Morgan fingerprint density at radius 3 is 2.33 bits per heavy atom. The second-order valence-corrected chi connectivity index (χ2v) is 6.53. The second kappa shape index (κ2) is 8.97. The third-order valence-corrected chi connectivity index (χ3v) is 4.42. The molecule has 0 aliphatic heterocycles. The van der Waals surface area contributed by atoms with Crippen LogP contribution in [0.25, 0.3) is 0 Å². The van der Waals surface area contributed by atoms with Gasteiger partial charge >= 0.3 is 5.97 Å². The molecule has 144 valence electrons. The van der Waals surface area contributed by atoms with Gasteiger partial charge in [0.25, 0.3) is 5.91 Å². The molecule has 1 amide bonds. The molecule has 0 saturated heterocycles. The minimum absolute atomic E-state index is 0.129. The van der Waals surface area contributed by atoms with Gasteiger partial charge in [0.15, 0.2) is 6.10 Å². The summed E-state index contributed by atoms with van der Waals surface area (Å²) in [6.07, 6.45) is -1.07. The molecule has 0 fully saturated rings. The number of benzene rings is 2. The average Bonchev–Trinajstić information content (AvgIpc) is 2.64. The van der Waals surface area contributed by atoms with Gasteiger partial charge < -0.3 is 19.5 Å². The van der Waals surface area contributed by atoms with E-state index in [9.17, 15) is 9.59 Å². The first kappa shape index (κ1) is 20.9. The zero-order chi connectivity index (χ0) is 20.1. The molecule has 8 heteroatoms. The van der Waals surface area contributed by atoms with Gasteiger partial charge in [-0.3, -0.25) is 4.79 Å². The van der Waals surface area contributed by atoms with Crippen molar-refractivity contribution >= 4 is 40.8 Å². The number of methoxy groups -OCH3 is 2. The molecule has 6 nitrogen and oxygen atoms in total. The van der Waals surface area contributed by atoms with Crippen LogP contribution in [0.15, 0.2) is 30.3 Å². The summed E-state index contributed by atoms with van der Waals surface area (Å²) >= 11 is 12.0. The molecule has 2 rings (SSSR count). The quantitative estimate of drug-likeness (QED) is 0.708. The number of ether oxygens (including phenoxy) is 3. The van der Waals surface area contributed by atoms with Crippen molar-refractivity contribution < 1.29 is 23.8 Å². The number of halogens is 2. The molecule has 27 heavy (non-hydrogen) atoms. The van der Waals surface area contributed by atoms with Crippen LogP contribution < -0.4 is 14.8 Å². The Labute approximate surface area is 167 Å². The summed E-state index contributed by atoms with van der Waals surface area (Å²) in [4.78, 5) is 24.8. The molecule has 0 radical (unpaired) electrons. The Hall–Kier alpha value is -2.44. The maximum absolute atomic E-state index is 12.4. The van der Waals surface area contributed by atoms with E-state index >= 15 is 0 Å². The molecule has 0 spiro atoms. The first-order valence-electron chi connectivity index (χ1n) is 7.96. The molecule has 0 aliphatic carbocycles. The van der Waals surface area contributed by atoms with Gasteiger partial charge in [-0.2, -0.15) is 0 Å². The smallest absolute Gasteiger partial charge is 0.342 e. The zero-order valence-electron chi connectivity index (χ0n) is 15.3. The van der Waals surface area contributed by atoms with Crippen LogP contribution in [-0.4, -0.2) is 32.2 Å². The van der Waals surface area contributed by atoms with Crippen LogP contribution in [0.3, 0.4) is 0 Å². The predicted molar refractivity (Wildman–Crippen MR) is 104 cm³/mol. The summed E-state index contributed by atoms with van der Waals surface area (Å²) in [6, 6.07) is 7.82. The third kappa shape index (κ3) is 5.05. The lowest BCUT2D eigenvalue weighted by molar-refractivity contribution is -0.123. The monoisotopic (exact) mass is 411 g/mol. The molecule has 0 heterocycles. The van der Waals surface area contributed by atoms with E-state index in [1.54, 1.807) is 31.2 Å². The van der Waals surface area contributed by atoms with Crippen LogP contribution >= 0.6 is 23.2 Å². The van der Waals surface area contributed by atoms with E-state index in [2.05, 4.69) is 5.32 Å². The largest absolute Gasteiger partial charge is 0.496 e. The molecule has 0 saturated carbocycles. The topological polar surface area (TPSA) is 73.9 Å². The van der Waals surface area contributed by atoms with Crippen molar-refractivity contribution in [2.24, 2.45) is 0 Å². The van der Waals surface area contributed by atoms with E-state index in [1.807, 2.05) is 0 Å². The van der Waals surface area contributed by atoms with Crippen molar-refractivity contribution in [3.05, 3.63) is 51.5 Å². The number of amides is 1.